The number of hydrogen-bond acceptors (Lipinski definition) is 5. The van der Waals surface area contributed by atoms with Gasteiger partial charge in [0.15, 0.2) is 12.6 Å². The van der Waals surface area contributed by atoms with Gasteiger partial charge in [-0.2, -0.15) is 0 Å². The Kier molecular flexibility index (Phi) is 22.4. The molecule has 2 N–H and O–H groups in total. The lowest BCUT2D eigenvalue weighted by atomic mass is 10.0. The molecule has 0 spiro atoms. The Balaban J connectivity index is 4.07. The maximum Gasteiger partial charge on any atom is 0.155 e. The van der Waals surface area contributed by atoms with Gasteiger partial charge in [0.2, 0.25) is 0 Å². The lowest BCUT2D eigenvalue weighted by Gasteiger charge is -2.26. The van der Waals surface area contributed by atoms with E-state index < -0.39 is 0 Å². The Morgan fingerprint density at radius 2 is 1.19 bits per heavy atom. The maximum absolute atomic E-state index is 6.34. The monoisotopic (exact) mass is 443 g/mol. The molecule has 0 heterocycles. The van der Waals surface area contributed by atoms with E-state index in [0.717, 1.165) is 6.42 Å². The summed E-state index contributed by atoms with van der Waals surface area (Å²) in [5, 5.41) is 0. The summed E-state index contributed by atoms with van der Waals surface area (Å²) in [6.45, 7) is 11.6. The van der Waals surface area contributed by atoms with Crippen LogP contribution < -0.4 is 5.73 Å². The van der Waals surface area contributed by atoms with Crippen molar-refractivity contribution < 1.29 is 18.9 Å². The van der Waals surface area contributed by atoms with Crippen LogP contribution in [0.15, 0.2) is 12.2 Å². The van der Waals surface area contributed by atoms with Gasteiger partial charge in [0, 0.05) is 13.2 Å². The minimum absolute atomic E-state index is 0.233. The molecule has 31 heavy (non-hydrogen) atoms. The first-order chi connectivity index (χ1) is 15.0. The molecule has 0 radical (unpaired) electrons. The van der Waals surface area contributed by atoms with Gasteiger partial charge >= 0.3 is 0 Å². The number of ether oxygens (including phenoxy) is 4. The van der Waals surface area contributed by atoms with Crippen LogP contribution >= 0.6 is 0 Å². The molecular weight excluding hydrogens is 390 g/mol. The molecule has 5 heteroatoms. The summed E-state index contributed by atoms with van der Waals surface area (Å²) >= 11 is 0. The van der Waals surface area contributed by atoms with Gasteiger partial charge in [0.1, 0.15) is 0 Å². The van der Waals surface area contributed by atoms with Gasteiger partial charge < -0.3 is 24.7 Å². The highest BCUT2D eigenvalue weighted by atomic mass is 16.7. The zero-order valence-electron chi connectivity index (χ0n) is 21.3. The second kappa shape index (κ2) is 22.7. The number of rotatable bonds is 23. The van der Waals surface area contributed by atoms with Gasteiger partial charge in [0.25, 0.3) is 0 Å². The molecule has 0 aliphatic carbocycles. The molecule has 0 fully saturated rings. The minimum Gasteiger partial charge on any atom is -0.353 e. The number of unbranched alkanes of at least 4 members (excludes halogenated alkanes) is 11. The molecule has 0 bridgehead atoms. The largest absolute Gasteiger partial charge is 0.353 e. The van der Waals surface area contributed by atoms with E-state index in [9.17, 15) is 0 Å². The van der Waals surface area contributed by atoms with E-state index in [-0.39, 0.29) is 24.7 Å². The quantitative estimate of drug-likeness (QED) is 0.108. The van der Waals surface area contributed by atoms with Gasteiger partial charge in [-0.1, -0.05) is 83.3 Å². The first-order valence-electron chi connectivity index (χ1n) is 13.0. The predicted octanol–water partition coefficient (Wildman–Crippen LogP) is 6.74. The maximum atomic E-state index is 6.34. The SMILES string of the molecule is CCCCCCCCCCCCCC=C[C@H](OC(C)OCC)[C@H](N)COC(C)OCC. The van der Waals surface area contributed by atoms with Crippen LogP contribution in [-0.4, -0.2) is 44.5 Å². The van der Waals surface area contributed by atoms with Crippen molar-refractivity contribution in [1.82, 2.24) is 0 Å². The van der Waals surface area contributed by atoms with Gasteiger partial charge in [-0.05, 0) is 40.5 Å². The zero-order valence-corrected chi connectivity index (χ0v) is 21.3. The minimum atomic E-state index is -0.294. The van der Waals surface area contributed by atoms with Crippen molar-refractivity contribution in [3.05, 3.63) is 12.2 Å². The van der Waals surface area contributed by atoms with Crippen LogP contribution in [0, 0.1) is 0 Å². The Hall–Kier alpha value is -0.460. The van der Waals surface area contributed by atoms with E-state index >= 15 is 0 Å². The third kappa shape index (κ3) is 19.9. The van der Waals surface area contributed by atoms with E-state index in [2.05, 4.69) is 19.1 Å². The molecule has 0 rings (SSSR count). The van der Waals surface area contributed by atoms with E-state index in [1.165, 1.54) is 70.6 Å². The molecule has 0 amide bonds. The van der Waals surface area contributed by atoms with E-state index in [1.54, 1.807) is 0 Å². The highest BCUT2D eigenvalue weighted by Gasteiger charge is 2.20. The second-order valence-electron chi connectivity index (χ2n) is 8.40. The van der Waals surface area contributed by atoms with Crippen LogP contribution in [0.5, 0.6) is 0 Å². The van der Waals surface area contributed by atoms with Crippen molar-refractivity contribution in [3.8, 4) is 0 Å². The van der Waals surface area contributed by atoms with Crippen molar-refractivity contribution in [2.45, 2.75) is 136 Å². The fourth-order valence-electron chi connectivity index (χ4n) is 3.57. The Bertz CT molecular complexity index is 392. The molecule has 0 aromatic carbocycles. The smallest absolute Gasteiger partial charge is 0.155 e. The van der Waals surface area contributed by atoms with Crippen molar-refractivity contribution in [2.24, 2.45) is 5.73 Å². The van der Waals surface area contributed by atoms with Crippen LogP contribution in [0.1, 0.15) is 112 Å². The Morgan fingerprint density at radius 1 is 0.677 bits per heavy atom. The molecular formula is C26H53NO4. The third-order valence-electron chi connectivity index (χ3n) is 5.40. The topological polar surface area (TPSA) is 62.9 Å². The average molecular weight is 444 g/mol. The normalized spacial score (nSPS) is 15.9. The summed E-state index contributed by atoms with van der Waals surface area (Å²) in [6.07, 6.45) is 19.5. The van der Waals surface area contributed by atoms with Gasteiger partial charge in [0.05, 0.1) is 18.8 Å². The number of nitrogens with two attached hydrogens (primary N) is 1. The molecule has 0 aromatic rings. The highest BCUT2D eigenvalue weighted by molar-refractivity contribution is 4.95. The van der Waals surface area contributed by atoms with Crippen LogP contribution in [0.3, 0.4) is 0 Å². The fraction of sp³-hybridized carbons (Fsp3) is 0.923. The van der Waals surface area contributed by atoms with Crippen LogP contribution in [0.2, 0.25) is 0 Å². The molecule has 4 atom stereocenters. The second-order valence-corrected chi connectivity index (χ2v) is 8.40. The van der Waals surface area contributed by atoms with E-state index in [1.807, 2.05) is 27.7 Å². The Morgan fingerprint density at radius 3 is 1.74 bits per heavy atom. The summed E-state index contributed by atoms with van der Waals surface area (Å²) in [5.41, 5.74) is 6.34. The van der Waals surface area contributed by atoms with Gasteiger partial charge in [-0.3, -0.25) is 0 Å². The molecule has 2 unspecified atom stereocenters. The van der Waals surface area contributed by atoms with Crippen molar-refractivity contribution in [3.63, 3.8) is 0 Å². The van der Waals surface area contributed by atoms with Gasteiger partial charge in [-0.25, -0.2) is 0 Å². The van der Waals surface area contributed by atoms with Crippen molar-refractivity contribution in [1.29, 1.82) is 0 Å². The summed E-state index contributed by atoms with van der Waals surface area (Å²) < 4.78 is 22.6. The molecule has 0 aromatic heterocycles. The third-order valence-corrected chi connectivity index (χ3v) is 5.40. The molecule has 0 aliphatic rings. The molecule has 0 saturated heterocycles. The van der Waals surface area contributed by atoms with E-state index in [4.69, 9.17) is 24.7 Å². The Labute approximate surface area is 193 Å². The summed E-state index contributed by atoms with van der Waals surface area (Å²) in [4.78, 5) is 0. The standard InChI is InChI=1S/C26H53NO4/c1-6-9-10-11-12-13-14-15-16-17-18-19-20-21-26(31-24(5)29-8-3)25(27)22-30-23(4)28-7-2/h20-21,23-26H,6-19,22,27H2,1-5H3/t23?,24?,25-,26+/m1/s1. The van der Waals surface area contributed by atoms with Crippen LogP contribution in [-0.2, 0) is 18.9 Å². The number of allylic oxidation sites excluding steroid dienone is 1. The molecule has 186 valence electrons. The van der Waals surface area contributed by atoms with Gasteiger partial charge in [-0.15, -0.1) is 0 Å². The number of hydrogen-bond donors (Lipinski definition) is 1. The zero-order chi connectivity index (χ0) is 23.2. The summed E-state index contributed by atoms with van der Waals surface area (Å²) in [6, 6.07) is -0.264. The molecule has 0 saturated carbocycles. The lowest BCUT2D eigenvalue weighted by molar-refractivity contribution is -0.166. The first kappa shape index (κ1) is 30.5. The van der Waals surface area contributed by atoms with Crippen LogP contribution in [0.4, 0.5) is 0 Å². The molecule has 5 nitrogen and oxygen atoms in total. The fourth-order valence-corrected chi connectivity index (χ4v) is 3.57. The van der Waals surface area contributed by atoms with E-state index in [0.29, 0.717) is 19.8 Å². The predicted molar refractivity (Wildman–Crippen MR) is 131 cm³/mol. The lowest BCUT2D eigenvalue weighted by Crippen LogP contribution is -2.42. The van der Waals surface area contributed by atoms with Crippen LogP contribution in [0.25, 0.3) is 0 Å². The highest BCUT2D eigenvalue weighted by Crippen LogP contribution is 2.13. The summed E-state index contributed by atoms with van der Waals surface area (Å²) in [5.74, 6) is 0. The average Bonchev–Trinajstić information content (AvgIpc) is 2.74. The van der Waals surface area contributed by atoms with Crippen molar-refractivity contribution in [2.75, 3.05) is 19.8 Å². The molecule has 0 aliphatic heterocycles. The summed E-state index contributed by atoms with van der Waals surface area (Å²) in [7, 11) is 0. The van der Waals surface area contributed by atoms with Crippen molar-refractivity contribution >= 4 is 0 Å². The first-order valence-corrected chi connectivity index (χ1v) is 13.0.